The number of aromatic nitrogens is 1. The quantitative estimate of drug-likeness (QED) is 0.873. The lowest BCUT2D eigenvalue weighted by atomic mass is 10.1. The molecule has 0 bridgehead atoms. The molecule has 0 spiro atoms. The van der Waals surface area contributed by atoms with Crippen LogP contribution < -0.4 is 4.90 Å². The molecule has 1 aliphatic rings. The Morgan fingerprint density at radius 2 is 1.96 bits per heavy atom. The van der Waals surface area contributed by atoms with Crippen molar-refractivity contribution in [2.75, 3.05) is 31.1 Å². The second kappa shape index (κ2) is 6.40. The third-order valence-corrected chi connectivity index (χ3v) is 4.24. The molecule has 122 valence electrons. The van der Waals surface area contributed by atoms with Crippen LogP contribution in [0.25, 0.3) is 0 Å². The van der Waals surface area contributed by atoms with E-state index in [0.717, 1.165) is 0 Å². The zero-order valence-corrected chi connectivity index (χ0v) is 13.4. The number of carbonyl (C=O) groups is 1. The van der Waals surface area contributed by atoms with Crippen molar-refractivity contribution in [2.45, 2.75) is 20.3 Å². The molecule has 3 rings (SSSR count). The highest BCUT2D eigenvalue weighted by Gasteiger charge is 2.28. The SMILES string of the molecule is CCc1noc(C)c1C(=O)N1CCN(c2ccccc2F)CC1. The molecule has 0 aliphatic carbocycles. The normalized spacial score (nSPS) is 15.1. The van der Waals surface area contributed by atoms with E-state index in [1.54, 1.807) is 24.0 Å². The molecule has 1 saturated heterocycles. The van der Waals surface area contributed by atoms with Gasteiger partial charge < -0.3 is 14.3 Å². The predicted octanol–water partition coefficient (Wildman–Crippen LogP) is 2.65. The number of hydrogen-bond donors (Lipinski definition) is 0. The Balaban J connectivity index is 1.70. The highest BCUT2D eigenvalue weighted by Crippen LogP contribution is 2.22. The fraction of sp³-hybridized carbons (Fsp3) is 0.412. The first-order chi connectivity index (χ1) is 11.1. The Hall–Kier alpha value is -2.37. The summed E-state index contributed by atoms with van der Waals surface area (Å²) in [6, 6.07) is 6.73. The van der Waals surface area contributed by atoms with Crippen molar-refractivity contribution in [3.05, 3.63) is 47.1 Å². The highest BCUT2D eigenvalue weighted by molar-refractivity contribution is 5.96. The van der Waals surface area contributed by atoms with Crippen LogP contribution in [0.1, 0.15) is 28.7 Å². The zero-order chi connectivity index (χ0) is 16.4. The van der Waals surface area contributed by atoms with E-state index >= 15 is 0 Å². The number of para-hydroxylation sites is 1. The van der Waals surface area contributed by atoms with Crippen molar-refractivity contribution in [3.8, 4) is 0 Å². The Morgan fingerprint density at radius 1 is 1.26 bits per heavy atom. The minimum Gasteiger partial charge on any atom is -0.366 e. The number of nitrogens with zero attached hydrogens (tertiary/aromatic N) is 3. The van der Waals surface area contributed by atoms with E-state index < -0.39 is 0 Å². The first-order valence-electron chi connectivity index (χ1n) is 7.85. The van der Waals surface area contributed by atoms with E-state index in [1.165, 1.54) is 6.07 Å². The Morgan fingerprint density at radius 3 is 2.61 bits per heavy atom. The van der Waals surface area contributed by atoms with Crippen LogP contribution in [0.3, 0.4) is 0 Å². The minimum atomic E-state index is -0.226. The third kappa shape index (κ3) is 2.93. The summed E-state index contributed by atoms with van der Waals surface area (Å²) in [5.41, 5.74) is 1.87. The molecule has 1 fully saturated rings. The van der Waals surface area contributed by atoms with Crippen LogP contribution in [-0.2, 0) is 6.42 Å². The molecule has 1 aromatic heterocycles. The van der Waals surface area contributed by atoms with Gasteiger partial charge in [0.2, 0.25) is 0 Å². The van der Waals surface area contributed by atoms with Crippen LogP contribution in [0.4, 0.5) is 10.1 Å². The van der Waals surface area contributed by atoms with Gasteiger partial charge in [-0.2, -0.15) is 0 Å². The number of amides is 1. The van der Waals surface area contributed by atoms with Gasteiger partial charge >= 0.3 is 0 Å². The average Bonchev–Trinajstić information content (AvgIpc) is 2.95. The first-order valence-corrected chi connectivity index (χ1v) is 7.85. The van der Waals surface area contributed by atoms with E-state index in [0.29, 0.717) is 55.3 Å². The Labute approximate surface area is 134 Å². The molecule has 6 heteroatoms. The van der Waals surface area contributed by atoms with Crippen molar-refractivity contribution in [3.63, 3.8) is 0 Å². The number of carbonyl (C=O) groups excluding carboxylic acids is 1. The molecule has 2 aromatic rings. The zero-order valence-electron chi connectivity index (χ0n) is 13.4. The fourth-order valence-corrected chi connectivity index (χ4v) is 2.95. The largest absolute Gasteiger partial charge is 0.366 e. The highest BCUT2D eigenvalue weighted by atomic mass is 19.1. The first kappa shape index (κ1) is 15.5. The van der Waals surface area contributed by atoms with E-state index in [9.17, 15) is 9.18 Å². The number of anilines is 1. The lowest BCUT2D eigenvalue weighted by Crippen LogP contribution is -2.49. The van der Waals surface area contributed by atoms with Crippen LogP contribution in [0.15, 0.2) is 28.8 Å². The maximum Gasteiger partial charge on any atom is 0.259 e. The molecular weight excluding hydrogens is 297 g/mol. The summed E-state index contributed by atoms with van der Waals surface area (Å²) >= 11 is 0. The molecule has 0 radical (unpaired) electrons. The van der Waals surface area contributed by atoms with Gasteiger partial charge in [-0.25, -0.2) is 4.39 Å². The molecule has 0 saturated carbocycles. The Kier molecular flexibility index (Phi) is 4.32. The fourth-order valence-electron chi connectivity index (χ4n) is 2.95. The van der Waals surface area contributed by atoms with Crippen LogP contribution in [0.5, 0.6) is 0 Å². The van der Waals surface area contributed by atoms with Gasteiger partial charge in [0.25, 0.3) is 5.91 Å². The molecule has 2 heterocycles. The van der Waals surface area contributed by atoms with Gasteiger partial charge in [0.05, 0.1) is 11.4 Å². The maximum absolute atomic E-state index is 13.9. The summed E-state index contributed by atoms with van der Waals surface area (Å²) in [7, 11) is 0. The molecule has 0 unspecified atom stereocenters. The van der Waals surface area contributed by atoms with Crippen LogP contribution in [-0.4, -0.2) is 42.1 Å². The number of hydrogen-bond acceptors (Lipinski definition) is 4. The standard InChI is InChI=1S/C17H20FN3O2/c1-3-14-16(12(2)23-19-14)17(22)21-10-8-20(9-11-21)15-7-5-4-6-13(15)18/h4-7H,3,8-11H2,1-2H3. The molecule has 23 heavy (non-hydrogen) atoms. The predicted molar refractivity (Wildman–Crippen MR) is 85.1 cm³/mol. The van der Waals surface area contributed by atoms with Gasteiger partial charge in [-0.3, -0.25) is 4.79 Å². The van der Waals surface area contributed by atoms with E-state index in [1.807, 2.05) is 17.9 Å². The molecule has 0 atom stereocenters. The number of halogens is 1. The third-order valence-electron chi connectivity index (χ3n) is 4.24. The minimum absolute atomic E-state index is 0.0474. The average molecular weight is 317 g/mol. The van der Waals surface area contributed by atoms with Crippen LogP contribution in [0, 0.1) is 12.7 Å². The van der Waals surface area contributed by atoms with Crippen molar-refractivity contribution < 1.29 is 13.7 Å². The molecule has 1 aliphatic heterocycles. The van der Waals surface area contributed by atoms with Gasteiger partial charge in [0.1, 0.15) is 17.1 Å². The van der Waals surface area contributed by atoms with Crippen LogP contribution in [0.2, 0.25) is 0 Å². The molecule has 1 amide bonds. The number of aryl methyl sites for hydroxylation is 2. The van der Waals surface area contributed by atoms with Crippen LogP contribution >= 0.6 is 0 Å². The Bertz CT molecular complexity index is 706. The van der Waals surface area contributed by atoms with Gasteiger partial charge in [-0.05, 0) is 25.5 Å². The number of rotatable bonds is 3. The summed E-state index contributed by atoms with van der Waals surface area (Å²) in [6.45, 7) is 6.04. The van der Waals surface area contributed by atoms with Gasteiger partial charge in [-0.15, -0.1) is 0 Å². The van der Waals surface area contributed by atoms with Crippen molar-refractivity contribution in [2.24, 2.45) is 0 Å². The molecule has 1 aromatic carbocycles. The summed E-state index contributed by atoms with van der Waals surface area (Å²) < 4.78 is 19.0. The second-order valence-corrected chi connectivity index (χ2v) is 5.64. The van der Waals surface area contributed by atoms with Crippen molar-refractivity contribution in [1.82, 2.24) is 10.1 Å². The van der Waals surface area contributed by atoms with E-state index in [2.05, 4.69) is 5.16 Å². The van der Waals surface area contributed by atoms with E-state index in [4.69, 9.17) is 4.52 Å². The summed E-state index contributed by atoms with van der Waals surface area (Å²) in [4.78, 5) is 16.5. The number of benzene rings is 1. The lowest BCUT2D eigenvalue weighted by molar-refractivity contribution is 0.0744. The topological polar surface area (TPSA) is 49.6 Å². The summed E-state index contributed by atoms with van der Waals surface area (Å²) in [6.07, 6.45) is 0.660. The second-order valence-electron chi connectivity index (χ2n) is 5.64. The maximum atomic E-state index is 13.9. The summed E-state index contributed by atoms with van der Waals surface area (Å²) in [5, 5.41) is 3.94. The molecular formula is C17H20FN3O2. The van der Waals surface area contributed by atoms with Crippen molar-refractivity contribution >= 4 is 11.6 Å². The molecule has 5 nitrogen and oxygen atoms in total. The number of piperazine rings is 1. The van der Waals surface area contributed by atoms with Crippen molar-refractivity contribution in [1.29, 1.82) is 0 Å². The smallest absolute Gasteiger partial charge is 0.259 e. The van der Waals surface area contributed by atoms with Gasteiger partial charge in [-0.1, -0.05) is 24.2 Å². The van der Waals surface area contributed by atoms with Gasteiger partial charge in [0, 0.05) is 26.2 Å². The monoisotopic (exact) mass is 317 g/mol. The molecule has 0 N–H and O–H groups in total. The lowest BCUT2D eigenvalue weighted by Gasteiger charge is -2.36. The van der Waals surface area contributed by atoms with Gasteiger partial charge in [0.15, 0.2) is 0 Å². The van der Waals surface area contributed by atoms with E-state index in [-0.39, 0.29) is 11.7 Å². The summed E-state index contributed by atoms with van der Waals surface area (Å²) in [5.74, 6) is 0.285.